The van der Waals surface area contributed by atoms with E-state index in [4.69, 9.17) is 14.3 Å². The van der Waals surface area contributed by atoms with Crippen molar-refractivity contribution in [3.63, 3.8) is 0 Å². The molecule has 2 unspecified atom stereocenters. The van der Waals surface area contributed by atoms with Crippen molar-refractivity contribution < 1.29 is 23.9 Å². The van der Waals surface area contributed by atoms with Gasteiger partial charge in [-0.05, 0) is 25.0 Å². The molecule has 0 N–H and O–H groups in total. The Hall–Kier alpha value is -2.57. The molecule has 0 bridgehead atoms. The molecular formula is C19H22N2O5. The normalized spacial score (nSPS) is 25.8. The second-order valence-electron chi connectivity index (χ2n) is 6.88. The van der Waals surface area contributed by atoms with E-state index in [-0.39, 0.29) is 17.9 Å². The fourth-order valence-corrected chi connectivity index (χ4v) is 4.13. The summed E-state index contributed by atoms with van der Waals surface area (Å²) in [6.07, 6.45) is 4.14. The zero-order valence-corrected chi connectivity index (χ0v) is 14.9. The number of hydrogen-bond donors (Lipinski definition) is 0. The number of methoxy groups -OCH3 is 2. The number of carbonyl (C=O) groups is 2. The molecule has 1 aliphatic carbocycles. The molecule has 2 amide bonds. The van der Waals surface area contributed by atoms with Gasteiger partial charge in [0.15, 0.2) is 0 Å². The largest absolute Gasteiger partial charge is 0.497 e. The number of nitrogens with zero attached hydrogens (tertiary/aromatic N) is 2. The van der Waals surface area contributed by atoms with Gasteiger partial charge in [0, 0.05) is 17.7 Å². The van der Waals surface area contributed by atoms with Crippen LogP contribution in [-0.4, -0.2) is 48.8 Å². The summed E-state index contributed by atoms with van der Waals surface area (Å²) in [6.45, 7) is 0. The van der Waals surface area contributed by atoms with Crippen LogP contribution in [0, 0.1) is 5.92 Å². The number of fused-ring (bicyclic) bond motifs is 1. The molecular weight excluding hydrogens is 336 g/mol. The van der Waals surface area contributed by atoms with E-state index in [1.807, 2.05) is 0 Å². The van der Waals surface area contributed by atoms with E-state index in [0.29, 0.717) is 22.8 Å². The lowest BCUT2D eigenvalue weighted by Gasteiger charge is -2.29. The van der Waals surface area contributed by atoms with E-state index >= 15 is 0 Å². The molecule has 0 aromatic heterocycles. The summed E-state index contributed by atoms with van der Waals surface area (Å²) in [4.78, 5) is 32.7. The highest BCUT2D eigenvalue weighted by Crippen LogP contribution is 2.38. The maximum Gasteiger partial charge on any atom is 0.274 e. The number of benzene rings is 1. The summed E-state index contributed by atoms with van der Waals surface area (Å²) in [6, 6.07) is 5.26. The van der Waals surface area contributed by atoms with Crippen molar-refractivity contribution in [1.29, 1.82) is 0 Å². The van der Waals surface area contributed by atoms with Gasteiger partial charge < -0.3 is 14.3 Å². The Morgan fingerprint density at radius 2 is 1.85 bits per heavy atom. The molecule has 2 aliphatic heterocycles. The van der Waals surface area contributed by atoms with E-state index in [1.165, 1.54) is 4.90 Å². The van der Waals surface area contributed by atoms with Crippen LogP contribution in [0.15, 0.2) is 23.4 Å². The van der Waals surface area contributed by atoms with Crippen molar-refractivity contribution in [2.45, 2.75) is 44.2 Å². The van der Waals surface area contributed by atoms with Crippen molar-refractivity contribution >= 4 is 17.5 Å². The van der Waals surface area contributed by atoms with Gasteiger partial charge in [-0.2, -0.15) is 0 Å². The molecule has 2 fully saturated rings. The third-order valence-corrected chi connectivity index (χ3v) is 5.47. The van der Waals surface area contributed by atoms with E-state index in [0.717, 1.165) is 32.1 Å². The van der Waals surface area contributed by atoms with Crippen LogP contribution in [0.4, 0.5) is 0 Å². The van der Waals surface area contributed by atoms with Gasteiger partial charge >= 0.3 is 0 Å². The van der Waals surface area contributed by atoms with Crippen LogP contribution in [0.2, 0.25) is 0 Å². The number of ether oxygens (including phenoxy) is 2. The molecule has 1 saturated heterocycles. The summed E-state index contributed by atoms with van der Waals surface area (Å²) >= 11 is 0. The van der Waals surface area contributed by atoms with Gasteiger partial charge in [0.25, 0.3) is 5.91 Å². The monoisotopic (exact) mass is 358 g/mol. The molecule has 7 heteroatoms. The molecule has 7 nitrogen and oxygen atoms in total. The van der Waals surface area contributed by atoms with Gasteiger partial charge in [-0.25, -0.2) is 0 Å². The summed E-state index contributed by atoms with van der Waals surface area (Å²) in [5.74, 6) is -0.00564. The third-order valence-electron chi connectivity index (χ3n) is 5.47. The summed E-state index contributed by atoms with van der Waals surface area (Å²) in [5.41, 5.74) is 1.10. The van der Waals surface area contributed by atoms with Gasteiger partial charge in [-0.15, -0.1) is 0 Å². The van der Waals surface area contributed by atoms with E-state index in [1.54, 1.807) is 32.4 Å². The Morgan fingerprint density at radius 1 is 1.08 bits per heavy atom. The molecule has 4 rings (SSSR count). The van der Waals surface area contributed by atoms with Crippen molar-refractivity contribution in [2.75, 3.05) is 14.2 Å². The number of carbonyl (C=O) groups excluding carboxylic acids is 2. The highest BCUT2D eigenvalue weighted by Gasteiger charge is 2.57. The second kappa shape index (κ2) is 6.63. The molecule has 1 aromatic rings. The summed E-state index contributed by atoms with van der Waals surface area (Å²) in [5, 5.41) is 4.06. The first-order valence-electron chi connectivity index (χ1n) is 8.98. The fourth-order valence-electron chi connectivity index (χ4n) is 4.13. The average Bonchev–Trinajstić information content (AvgIpc) is 3.22. The average molecular weight is 358 g/mol. The zero-order chi connectivity index (χ0) is 18.3. The lowest BCUT2D eigenvalue weighted by atomic mass is 9.92. The predicted octanol–water partition coefficient (Wildman–Crippen LogP) is 2.12. The van der Waals surface area contributed by atoms with Crippen LogP contribution in [0.3, 0.4) is 0 Å². The van der Waals surface area contributed by atoms with Gasteiger partial charge in [0.2, 0.25) is 12.0 Å². The Morgan fingerprint density at radius 3 is 2.54 bits per heavy atom. The van der Waals surface area contributed by atoms with E-state index in [2.05, 4.69) is 5.16 Å². The molecule has 2 heterocycles. The highest BCUT2D eigenvalue weighted by atomic mass is 16.7. The quantitative estimate of drug-likeness (QED) is 0.771. The highest BCUT2D eigenvalue weighted by molar-refractivity contribution is 6.24. The van der Waals surface area contributed by atoms with Crippen LogP contribution >= 0.6 is 0 Å². The van der Waals surface area contributed by atoms with Gasteiger partial charge in [0.1, 0.15) is 23.1 Å². The first kappa shape index (κ1) is 16.9. The van der Waals surface area contributed by atoms with Crippen LogP contribution in [0.25, 0.3) is 0 Å². The number of oxime groups is 1. The van der Waals surface area contributed by atoms with Gasteiger partial charge in [-0.3, -0.25) is 14.5 Å². The topological polar surface area (TPSA) is 77.4 Å². The Kier molecular flexibility index (Phi) is 4.30. The molecule has 26 heavy (non-hydrogen) atoms. The maximum atomic E-state index is 13.1. The van der Waals surface area contributed by atoms with Gasteiger partial charge in [-0.1, -0.05) is 24.4 Å². The number of amides is 2. The smallest absolute Gasteiger partial charge is 0.274 e. The van der Waals surface area contributed by atoms with Crippen molar-refractivity contribution in [3.8, 4) is 11.5 Å². The van der Waals surface area contributed by atoms with Crippen LogP contribution < -0.4 is 9.47 Å². The van der Waals surface area contributed by atoms with Crippen molar-refractivity contribution in [1.82, 2.24) is 4.90 Å². The zero-order valence-electron chi connectivity index (χ0n) is 14.9. The molecule has 138 valence electrons. The third kappa shape index (κ3) is 2.53. The summed E-state index contributed by atoms with van der Waals surface area (Å²) < 4.78 is 10.6. The summed E-state index contributed by atoms with van der Waals surface area (Å²) in [7, 11) is 3.12. The van der Waals surface area contributed by atoms with Crippen molar-refractivity contribution in [3.05, 3.63) is 23.8 Å². The van der Waals surface area contributed by atoms with E-state index in [9.17, 15) is 9.59 Å². The first-order valence-corrected chi connectivity index (χ1v) is 8.98. The van der Waals surface area contributed by atoms with Crippen LogP contribution in [-0.2, 0) is 14.4 Å². The second-order valence-corrected chi connectivity index (χ2v) is 6.88. The minimum absolute atomic E-state index is 0.0167. The molecule has 2 atom stereocenters. The number of likely N-dealkylation sites (tertiary alicyclic amines) is 1. The van der Waals surface area contributed by atoms with E-state index < -0.39 is 12.0 Å². The fraction of sp³-hybridized carbons (Fsp3) is 0.526. The van der Waals surface area contributed by atoms with Crippen LogP contribution in [0.1, 0.15) is 37.7 Å². The molecule has 0 radical (unpaired) electrons. The number of hydrogen-bond acceptors (Lipinski definition) is 6. The molecule has 3 aliphatic rings. The number of rotatable bonds is 4. The minimum Gasteiger partial charge on any atom is -0.497 e. The standard InChI is InChI=1S/C19H22N2O5/c1-24-12-8-9-13(14(10-12)25-2)16-15-17(26-20-16)19(23)21(18(15)22)11-6-4-3-5-7-11/h8-11,15,17H,3-7H2,1-2H3. The Labute approximate surface area is 151 Å². The SMILES string of the molecule is COc1ccc(C2=NOC3C(=O)N(C4CCCCC4)C(=O)C23)c(OC)c1. The lowest BCUT2D eigenvalue weighted by molar-refractivity contribution is -0.145. The Bertz CT molecular complexity index is 769. The number of imide groups is 1. The maximum absolute atomic E-state index is 13.1. The van der Waals surface area contributed by atoms with Gasteiger partial charge in [0.05, 0.1) is 14.2 Å². The molecule has 0 spiro atoms. The predicted molar refractivity (Wildman–Crippen MR) is 93.2 cm³/mol. The first-order chi connectivity index (χ1) is 12.7. The Balaban J connectivity index is 1.65. The van der Waals surface area contributed by atoms with Crippen molar-refractivity contribution in [2.24, 2.45) is 11.1 Å². The molecule has 1 aromatic carbocycles. The molecule has 1 saturated carbocycles. The lowest BCUT2D eigenvalue weighted by Crippen LogP contribution is -2.43. The minimum atomic E-state index is -0.855. The van der Waals surface area contributed by atoms with Crippen LogP contribution in [0.5, 0.6) is 11.5 Å².